The van der Waals surface area contributed by atoms with Crippen LogP contribution in [0.5, 0.6) is 0 Å². The summed E-state index contributed by atoms with van der Waals surface area (Å²) in [6, 6.07) is 6.00. The number of rotatable bonds is 2. The zero-order valence-electron chi connectivity index (χ0n) is 7.09. The van der Waals surface area contributed by atoms with E-state index in [1.807, 2.05) is 25.1 Å². The number of allylic oxidation sites excluding steroid dienone is 1. The quantitative estimate of drug-likeness (QED) is 0.626. The molecule has 11 heavy (non-hydrogen) atoms. The molecule has 0 saturated heterocycles. The van der Waals surface area contributed by atoms with Gasteiger partial charge in [0.15, 0.2) is 0 Å². The van der Waals surface area contributed by atoms with Crippen molar-refractivity contribution in [2.45, 2.75) is 20.3 Å². The Morgan fingerprint density at radius 1 is 1.55 bits per heavy atom. The van der Waals surface area contributed by atoms with E-state index in [1.54, 1.807) is 0 Å². The maximum absolute atomic E-state index is 4.34. The molecule has 1 heteroatoms. The lowest BCUT2D eigenvalue weighted by Gasteiger charge is -2.01. The maximum atomic E-state index is 4.34. The monoisotopic (exact) mass is 147 g/mol. The van der Waals surface area contributed by atoms with Gasteiger partial charge in [0.1, 0.15) is 0 Å². The number of hydrogen-bond donors (Lipinski definition) is 0. The molecule has 58 valence electrons. The van der Waals surface area contributed by atoms with E-state index < -0.39 is 0 Å². The van der Waals surface area contributed by atoms with Crippen LogP contribution in [-0.4, -0.2) is 4.98 Å². The minimum atomic E-state index is 0.969. The first kappa shape index (κ1) is 7.99. The van der Waals surface area contributed by atoms with Gasteiger partial charge in [-0.2, -0.15) is 0 Å². The standard InChI is InChI=1S/C10H13N/c1-4-8(2)10-7-5-6-9(3)11-10/h5-7H,2,4H2,1,3H3. The van der Waals surface area contributed by atoms with Gasteiger partial charge in [0.25, 0.3) is 0 Å². The van der Waals surface area contributed by atoms with Crippen molar-refractivity contribution in [1.29, 1.82) is 0 Å². The Labute approximate surface area is 67.8 Å². The molecule has 0 N–H and O–H groups in total. The van der Waals surface area contributed by atoms with Crippen LogP contribution in [0.2, 0.25) is 0 Å². The highest BCUT2D eigenvalue weighted by Crippen LogP contribution is 2.12. The van der Waals surface area contributed by atoms with Crippen LogP contribution in [0.3, 0.4) is 0 Å². The summed E-state index contributed by atoms with van der Waals surface area (Å²) < 4.78 is 0. The Kier molecular flexibility index (Phi) is 2.42. The van der Waals surface area contributed by atoms with Gasteiger partial charge in [-0.3, -0.25) is 4.98 Å². The van der Waals surface area contributed by atoms with Crippen molar-refractivity contribution < 1.29 is 0 Å². The molecule has 0 unspecified atom stereocenters. The lowest BCUT2D eigenvalue weighted by Crippen LogP contribution is -1.88. The van der Waals surface area contributed by atoms with Crippen molar-refractivity contribution in [2.24, 2.45) is 0 Å². The molecule has 1 heterocycles. The third-order valence-corrected chi connectivity index (χ3v) is 1.68. The van der Waals surface area contributed by atoms with E-state index in [9.17, 15) is 0 Å². The highest BCUT2D eigenvalue weighted by atomic mass is 14.7. The van der Waals surface area contributed by atoms with Crippen LogP contribution in [0.25, 0.3) is 5.57 Å². The van der Waals surface area contributed by atoms with E-state index >= 15 is 0 Å². The van der Waals surface area contributed by atoms with Gasteiger partial charge in [-0.25, -0.2) is 0 Å². The van der Waals surface area contributed by atoms with Crippen LogP contribution >= 0.6 is 0 Å². The van der Waals surface area contributed by atoms with Crippen LogP contribution < -0.4 is 0 Å². The van der Waals surface area contributed by atoms with Crippen LogP contribution in [0, 0.1) is 6.92 Å². The molecule has 0 fully saturated rings. The first-order chi connectivity index (χ1) is 5.24. The summed E-state index contributed by atoms with van der Waals surface area (Å²) in [4.78, 5) is 4.34. The normalized spacial score (nSPS) is 9.64. The highest BCUT2D eigenvalue weighted by Gasteiger charge is 1.96. The number of aromatic nitrogens is 1. The maximum Gasteiger partial charge on any atom is 0.0658 e. The van der Waals surface area contributed by atoms with Crippen LogP contribution in [-0.2, 0) is 0 Å². The molecule has 1 aromatic rings. The second-order valence-electron chi connectivity index (χ2n) is 2.62. The minimum Gasteiger partial charge on any atom is -0.254 e. The fourth-order valence-electron chi connectivity index (χ4n) is 0.921. The summed E-state index contributed by atoms with van der Waals surface area (Å²) >= 11 is 0. The lowest BCUT2D eigenvalue weighted by atomic mass is 10.1. The average Bonchev–Trinajstić information content (AvgIpc) is 2.03. The first-order valence-electron chi connectivity index (χ1n) is 3.86. The van der Waals surface area contributed by atoms with Crippen molar-refractivity contribution in [3.63, 3.8) is 0 Å². The third kappa shape index (κ3) is 1.90. The average molecular weight is 147 g/mol. The van der Waals surface area contributed by atoms with Crippen LogP contribution in [0.4, 0.5) is 0 Å². The van der Waals surface area contributed by atoms with Gasteiger partial charge in [-0.15, -0.1) is 0 Å². The van der Waals surface area contributed by atoms with Crippen molar-refractivity contribution in [1.82, 2.24) is 4.98 Å². The largest absolute Gasteiger partial charge is 0.254 e. The Hall–Kier alpha value is -1.11. The number of aryl methyl sites for hydroxylation is 1. The molecule has 0 aliphatic heterocycles. The Balaban J connectivity index is 2.96. The van der Waals surface area contributed by atoms with Gasteiger partial charge in [0.2, 0.25) is 0 Å². The van der Waals surface area contributed by atoms with Crippen LogP contribution in [0.1, 0.15) is 24.7 Å². The first-order valence-corrected chi connectivity index (χ1v) is 3.86. The molecule has 0 atom stereocenters. The predicted octanol–water partition coefficient (Wildman–Crippen LogP) is 2.81. The number of pyridine rings is 1. The summed E-state index contributed by atoms with van der Waals surface area (Å²) in [6.07, 6.45) is 0.969. The van der Waals surface area contributed by atoms with E-state index in [0.717, 1.165) is 23.4 Å². The molecule has 1 aromatic heterocycles. The molecular formula is C10H13N. The minimum absolute atomic E-state index is 0.969. The zero-order valence-corrected chi connectivity index (χ0v) is 7.09. The topological polar surface area (TPSA) is 12.9 Å². The Morgan fingerprint density at radius 3 is 2.82 bits per heavy atom. The lowest BCUT2D eigenvalue weighted by molar-refractivity contribution is 1.13. The summed E-state index contributed by atoms with van der Waals surface area (Å²) in [5.74, 6) is 0. The van der Waals surface area contributed by atoms with Gasteiger partial charge < -0.3 is 0 Å². The predicted molar refractivity (Wildman–Crippen MR) is 48.3 cm³/mol. The SMILES string of the molecule is C=C(CC)c1cccc(C)n1. The van der Waals surface area contributed by atoms with Gasteiger partial charge in [0, 0.05) is 5.69 Å². The van der Waals surface area contributed by atoms with E-state index in [4.69, 9.17) is 0 Å². The molecule has 0 saturated carbocycles. The number of nitrogens with zero attached hydrogens (tertiary/aromatic N) is 1. The fraction of sp³-hybridized carbons (Fsp3) is 0.300. The van der Waals surface area contributed by atoms with E-state index in [1.165, 1.54) is 0 Å². The molecule has 0 aliphatic rings. The van der Waals surface area contributed by atoms with Gasteiger partial charge >= 0.3 is 0 Å². The van der Waals surface area contributed by atoms with Crippen molar-refractivity contribution in [3.8, 4) is 0 Å². The van der Waals surface area contributed by atoms with Crippen LogP contribution in [0.15, 0.2) is 24.8 Å². The molecule has 0 amide bonds. The molecular weight excluding hydrogens is 134 g/mol. The third-order valence-electron chi connectivity index (χ3n) is 1.68. The molecule has 0 aliphatic carbocycles. The molecule has 1 nitrogen and oxygen atoms in total. The summed E-state index contributed by atoms with van der Waals surface area (Å²) in [6.45, 7) is 8.00. The molecule has 0 aromatic carbocycles. The van der Waals surface area contributed by atoms with Gasteiger partial charge in [0.05, 0.1) is 5.69 Å². The summed E-state index contributed by atoms with van der Waals surface area (Å²) in [7, 11) is 0. The van der Waals surface area contributed by atoms with E-state index in [2.05, 4.69) is 18.5 Å². The van der Waals surface area contributed by atoms with Gasteiger partial charge in [-0.1, -0.05) is 19.6 Å². The smallest absolute Gasteiger partial charge is 0.0658 e. The van der Waals surface area contributed by atoms with Crippen molar-refractivity contribution in [2.75, 3.05) is 0 Å². The van der Waals surface area contributed by atoms with Crippen molar-refractivity contribution >= 4 is 5.57 Å². The van der Waals surface area contributed by atoms with E-state index in [-0.39, 0.29) is 0 Å². The summed E-state index contributed by atoms with van der Waals surface area (Å²) in [5.41, 5.74) is 3.18. The number of hydrogen-bond acceptors (Lipinski definition) is 1. The van der Waals surface area contributed by atoms with E-state index in [0.29, 0.717) is 0 Å². The highest BCUT2D eigenvalue weighted by molar-refractivity contribution is 5.59. The fourth-order valence-corrected chi connectivity index (χ4v) is 0.921. The molecule has 0 spiro atoms. The second kappa shape index (κ2) is 3.33. The Morgan fingerprint density at radius 2 is 2.27 bits per heavy atom. The summed E-state index contributed by atoms with van der Waals surface area (Å²) in [5, 5.41) is 0. The Bertz CT molecular complexity index is 263. The zero-order chi connectivity index (χ0) is 8.27. The molecule has 0 bridgehead atoms. The van der Waals surface area contributed by atoms with Crippen molar-refractivity contribution in [3.05, 3.63) is 36.2 Å². The molecule has 0 radical (unpaired) electrons. The van der Waals surface area contributed by atoms with Gasteiger partial charge in [-0.05, 0) is 31.1 Å². The molecule has 1 rings (SSSR count). The second-order valence-corrected chi connectivity index (χ2v) is 2.62.